The first-order valence-electron chi connectivity index (χ1n) is 9.13. The minimum absolute atomic E-state index is 0.244. The average Bonchev–Trinajstić information content (AvgIpc) is 3.40. The average molecular weight is 383 g/mol. The van der Waals surface area contributed by atoms with E-state index in [4.69, 9.17) is 9.47 Å². The summed E-state index contributed by atoms with van der Waals surface area (Å²) in [6.07, 6.45) is 1.70. The number of rotatable bonds is 4. The Morgan fingerprint density at radius 1 is 0.966 bits per heavy atom. The molecular weight excluding hydrogens is 366 g/mol. The third kappa shape index (κ3) is 3.66. The van der Waals surface area contributed by atoms with Crippen molar-refractivity contribution >= 4 is 28.8 Å². The van der Waals surface area contributed by atoms with E-state index in [2.05, 4.69) is 25.5 Å². The zero-order valence-corrected chi connectivity index (χ0v) is 15.4. The molecule has 142 valence electrons. The number of nitrogens with zero attached hydrogens (tertiary/aromatic N) is 3. The molecule has 4 aromatic rings. The summed E-state index contributed by atoms with van der Waals surface area (Å²) in [6, 6.07) is 23.2. The van der Waals surface area contributed by atoms with Gasteiger partial charge in [0.2, 0.25) is 6.79 Å². The van der Waals surface area contributed by atoms with Gasteiger partial charge in [-0.1, -0.05) is 30.3 Å². The van der Waals surface area contributed by atoms with Crippen LogP contribution >= 0.6 is 0 Å². The quantitative estimate of drug-likeness (QED) is 0.317. The molecule has 0 atom stereocenters. The Hall–Kier alpha value is -4.13. The highest BCUT2D eigenvalue weighted by Crippen LogP contribution is 2.31. The molecule has 0 spiro atoms. The fourth-order valence-corrected chi connectivity index (χ4v) is 2.99. The molecule has 0 unspecified atom stereocenters. The summed E-state index contributed by atoms with van der Waals surface area (Å²) in [4.78, 5) is 12.6. The van der Waals surface area contributed by atoms with Crippen LogP contribution in [0.1, 0.15) is 11.4 Å². The molecule has 1 aromatic heterocycles. The van der Waals surface area contributed by atoms with Crippen LogP contribution < -0.4 is 14.9 Å². The number of benzene rings is 3. The standard InChI is InChI=1S/C22H17N5O2/c1-2-6-16(7-3-1)24-22(21-25-17-8-4-5-9-18(17)26-21)27-23-13-15-10-11-19-20(12-15)29-14-28-19/h1-13H,14H2,(H,24,27)(H,25,26)/b23-13+. The number of ether oxygens (including phenoxy) is 2. The Balaban J connectivity index is 1.45. The number of para-hydroxylation sites is 3. The molecule has 2 N–H and O–H groups in total. The molecule has 0 fully saturated rings. The third-order valence-electron chi connectivity index (χ3n) is 4.39. The lowest BCUT2D eigenvalue weighted by molar-refractivity contribution is 0.174. The number of nitrogens with one attached hydrogen (secondary N) is 2. The van der Waals surface area contributed by atoms with Gasteiger partial charge in [-0.2, -0.15) is 5.10 Å². The van der Waals surface area contributed by atoms with Crippen molar-refractivity contribution in [1.82, 2.24) is 15.4 Å². The van der Waals surface area contributed by atoms with E-state index < -0.39 is 0 Å². The maximum absolute atomic E-state index is 5.41. The van der Waals surface area contributed by atoms with Crippen molar-refractivity contribution in [3.63, 3.8) is 0 Å². The predicted octanol–water partition coefficient (Wildman–Crippen LogP) is 3.99. The zero-order valence-electron chi connectivity index (χ0n) is 15.4. The number of amidine groups is 1. The predicted molar refractivity (Wildman–Crippen MR) is 112 cm³/mol. The van der Waals surface area contributed by atoms with E-state index in [0.717, 1.165) is 28.0 Å². The van der Waals surface area contributed by atoms with Gasteiger partial charge in [0.15, 0.2) is 23.2 Å². The Morgan fingerprint density at radius 2 is 1.79 bits per heavy atom. The van der Waals surface area contributed by atoms with E-state index in [1.807, 2.05) is 72.8 Å². The number of aromatic nitrogens is 2. The van der Waals surface area contributed by atoms with Crippen LogP contribution in [0.3, 0.4) is 0 Å². The minimum Gasteiger partial charge on any atom is -0.454 e. The number of fused-ring (bicyclic) bond motifs is 2. The zero-order chi connectivity index (χ0) is 19.5. The van der Waals surface area contributed by atoms with Crippen LogP contribution in [-0.2, 0) is 0 Å². The Labute approximate surface area is 166 Å². The van der Waals surface area contributed by atoms with Crippen molar-refractivity contribution in [2.45, 2.75) is 0 Å². The largest absolute Gasteiger partial charge is 0.454 e. The van der Waals surface area contributed by atoms with E-state index in [9.17, 15) is 0 Å². The summed E-state index contributed by atoms with van der Waals surface area (Å²) in [5, 5.41) is 4.35. The van der Waals surface area contributed by atoms with Gasteiger partial charge in [0.25, 0.3) is 0 Å². The van der Waals surface area contributed by atoms with Crippen LogP contribution in [0.4, 0.5) is 5.69 Å². The van der Waals surface area contributed by atoms with Crippen molar-refractivity contribution in [3.8, 4) is 11.5 Å². The van der Waals surface area contributed by atoms with Crippen molar-refractivity contribution in [3.05, 3.63) is 84.2 Å². The lowest BCUT2D eigenvalue weighted by Crippen LogP contribution is -2.20. The second-order valence-corrected chi connectivity index (χ2v) is 6.38. The van der Waals surface area contributed by atoms with Crippen molar-refractivity contribution in [2.75, 3.05) is 6.79 Å². The molecule has 7 nitrogen and oxygen atoms in total. The van der Waals surface area contributed by atoms with Gasteiger partial charge in [-0.25, -0.2) is 9.98 Å². The van der Waals surface area contributed by atoms with Crippen LogP contribution in [-0.4, -0.2) is 28.8 Å². The van der Waals surface area contributed by atoms with Gasteiger partial charge in [0.05, 0.1) is 22.9 Å². The molecule has 0 bridgehead atoms. The number of hydrogen-bond donors (Lipinski definition) is 2. The maximum atomic E-state index is 5.41. The summed E-state index contributed by atoms with van der Waals surface area (Å²) in [5.41, 5.74) is 6.50. The highest BCUT2D eigenvalue weighted by atomic mass is 16.7. The monoisotopic (exact) mass is 383 g/mol. The van der Waals surface area contributed by atoms with Crippen LogP contribution in [0.25, 0.3) is 11.0 Å². The highest BCUT2D eigenvalue weighted by Gasteiger charge is 2.13. The van der Waals surface area contributed by atoms with E-state index in [1.54, 1.807) is 6.21 Å². The molecule has 1 aliphatic heterocycles. The van der Waals surface area contributed by atoms with Crippen LogP contribution in [0, 0.1) is 0 Å². The molecule has 0 radical (unpaired) electrons. The molecule has 5 rings (SSSR count). The van der Waals surface area contributed by atoms with Crippen molar-refractivity contribution in [2.24, 2.45) is 10.1 Å². The number of imidazole rings is 1. The highest BCUT2D eigenvalue weighted by molar-refractivity contribution is 6.00. The Kier molecular flexibility index (Phi) is 4.38. The van der Waals surface area contributed by atoms with E-state index in [-0.39, 0.29) is 6.79 Å². The summed E-state index contributed by atoms with van der Waals surface area (Å²) in [6.45, 7) is 0.244. The molecule has 7 heteroatoms. The number of H-pyrrole nitrogens is 1. The fourth-order valence-electron chi connectivity index (χ4n) is 2.99. The topological polar surface area (TPSA) is 83.9 Å². The first-order valence-corrected chi connectivity index (χ1v) is 9.13. The normalized spacial score (nSPS) is 13.3. The van der Waals surface area contributed by atoms with Gasteiger partial charge in [0.1, 0.15) is 0 Å². The van der Waals surface area contributed by atoms with Gasteiger partial charge in [-0.05, 0) is 48.0 Å². The second kappa shape index (κ2) is 7.47. The summed E-state index contributed by atoms with van der Waals surface area (Å²) < 4.78 is 10.7. The fraction of sp³-hybridized carbons (Fsp3) is 0.0455. The van der Waals surface area contributed by atoms with Gasteiger partial charge in [-0.3, -0.25) is 5.43 Å². The molecule has 1 aliphatic rings. The van der Waals surface area contributed by atoms with Gasteiger partial charge >= 0.3 is 0 Å². The molecule has 0 aliphatic carbocycles. The molecular formula is C22H17N5O2. The molecule has 29 heavy (non-hydrogen) atoms. The maximum Gasteiger partial charge on any atom is 0.231 e. The first-order chi connectivity index (χ1) is 14.3. The minimum atomic E-state index is 0.244. The van der Waals surface area contributed by atoms with Gasteiger partial charge < -0.3 is 14.5 Å². The number of hydrogen-bond acceptors (Lipinski definition) is 5. The Morgan fingerprint density at radius 3 is 2.69 bits per heavy atom. The van der Waals surface area contributed by atoms with E-state index in [0.29, 0.717) is 17.4 Å². The summed E-state index contributed by atoms with van der Waals surface area (Å²) in [5.74, 6) is 2.58. The lowest BCUT2D eigenvalue weighted by Gasteiger charge is -2.03. The molecule has 0 saturated carbocycles. The molecule has 0 saturated heterocycles. The third-order valence-corrected chi connectivity index (χ3v) is 4.39. The summed E-state index contributed by atoms with van der Waals surface area (Å²) in [7, 11) is 0. The molecule has 3 aromatic carbocycles. The number of hydrazone groups is 1. The summed E-state index contributed by atoms with van der Waals surface area (Å²) >= 11 is 0. The Bertz CT molecular complexity index is 1180. The van der Waals surface area contributed by atoms with Crippen LogP contribution in [0.5, 0.6) is 11.5 Å². The van der Waals surface area contributed by atoms with E-state index in [1.165, 1.54) is 0 Å². The molecule has 0 amide bonds. The first kappa shape index (κ1) is 17.0. The number of aromatic amines is 1. The number of aliphatic imine (C=N–C) groups is 1. The second-order valence-electron chi connectivity index (χ2n) is 6.38. The SMILES string of the molecule is C(=N\NC(=Nc1ccccc1)c1nc2ccccc2[nH]1)/c1ccc2c(c1)OCO2. The smallest absolute Gasteiger partial charge is 0.231 e. The molecule has 2 heterocycles. The van der Waals surface area contributed by atoms with Gasteiger partial charge in [-0.15, -0.1) is 0 Å². The lowest BCUT2D eigenvalue weighted by atomic mass is 10.2. The van der Waals surface area contributed by atoms with E-state index >= 15 is 0 Å². The van der Waals surface area contributed by atoms with Crippen LogP contribution in [0.15, 0.2) is 82.9 Å². The van der Waals surface area contributed by atoms with Crippen molar-refractivity contribution < 1.29 is 9.47 Å². The van der Waals surface area contributed by atoms with Gasteiger partial charge in [0, 0.05) is 0 Å². The van der Waals surface area contributed by atoms with Crippen LogP contribution in [0.2, 0.25) is 0 Å². The van der Waals surface area contributed by atoms with Crippen molar-refractivity contribution in [1.29, 1.82) is 0 Å².